The van der Waals surface area contributed by atoms with Crippen molar-refractivity contribution < 1.29 is 9.53 Å². The van der Waals surface area contributed by atoms with Gasteiger partial charge >= 0.3 is 0 Å². The van der Waals surface area contributed by atoms with E-state index in [1.54, 1.807) is 13.3 Å². The van der Waals surface area contributed by atoms with E-state index in [0.29, 0.717) is 13.0 Å². The fourth-order valence-electron chi connectivity index (χ4n) is 2.97. The molecule has 0 saturated carbocycles. The van der Waals surface area contributed by atoms with Crippen LogP contribution in [-0.2, 0) is 17.8 Å². The van der Waals surface area contributed by atoms with Gasteiger partial charge in [-0.15, -0.1) is 0 Å². The Hall–Kier alpha value is -1.88. The molecule has 0 atom stereocenters. The third-order valence-electron chi connectivity index (χ3n) is 4.15. The molecular formula is C18H19BrN2O2. The summed E-state index contributed by atoms with van der Waals surface area (Å²) in [7, 11) is 1.63. The van der Waals surface area contributed by atoms with E-state index in [1.807, 2.05) is 49.1 Å². The SMILES string of the molecule is COc1cc2c(cc1Br)CC(C)(C)C(=O)N2Cc1ccccn1. The number of halogens is 1. The van der Waals surface area contributed by atoms with Crippen LogP contribution in [0.1, 0.15) is 25.1 Å². The summed E-state index contributed by atoms with van der Waals surface area (Å²) in [5.41, 5.74) is 2.47. The number of aromatic nitrogens is 1. The number of carbonyl (C=O) groups is 1. The third-order valence-corrected chi connectivity index (χ3v) is 4.77. The Morgan fingerprint density at radius 2 is 2.13 bits per heavy atom. The molecule has 23 heavy (non-hydrogen) atoms. The maximum atomic E-state index is 12.9. The van der Waals surface area contributed by atoms with Crippen LogP contribution in [-0.4, -0.2) is 18.0 Å². The Balaban J connectivity index is 2.08. The molecule has 0 spiro atoms. The van der Waals surface area contributed by atoms with E-state index in [9.17, 15) is 4.79 Å². The number of methoxy groups -OCH3 is 1. The quantitative estimate of drug-likeness (QED) is 0.816. The average molecular weight is 375 g/mol. The molecule has 5 heteroatoms. The Morgan fingerprint density at radius 3 is 2.78 bits per heavy atom. The topological polar surface area (TPSA) is 42.4 Å². The molecule has 1 aliphatic rings. The number of fused-ring (bicyclic) bond motifs is 1. The van der Waals surface area contributed by atoms with Crippen molar-refractivity contribution >= 4 is 27.5 Å². The summed E-state index contributed by atoms with van der Waals surface area (Å²) in [4.78, 5) is 19.1. The molecule has 0 unspecified atom stereocenters. The van der Waals surface area contributed by atoms with Crippen LogP contribution >= 0.6 is 15.9 Å². The van der Waals surface area contributed by atoms with Crippen LogP contribution in [0, 0.1) is 5.41 Å². The number of ether oxygens (including phenoxy) is 1. The van der Waals surface area contributed by atoms with E-state index in [-0.39, 0.29) is 5.91 Å². The van der Waals surface area contributed by atoms with Gasteiger partial charge in [-0.2, -0.15) is 0 Å². The fourth-order valence-corrected chi connectivity index (χ4v) is 3.52. The first-order valence-corrected chi connectivity index (χ1v) is 8.30. The van der Waals surface area contributed by atoms with Gasteiger partial charge in [-0.05, 0) is 46.1 Å². The van der Waals surface area contributed by atoms with E-state index in [2.05, 4.69) is 20.9 Å². The van der Waals surface area contributed by atoms with E-state index in [4.69, 9.17) is 4.74 Å². The van der Waals surface area contributed by atoms with Gasteiger partial charge in [0, 0.05) is 17.7 Å². The predicted molar refractivity (Wildman–Crippen MR) is 93.6 cm³/mol. The van der Waals surface area contributed by atoms with Gasteiger partial charge in [0.2, 0.25) is 5.91 Å². The summed E-state index contributed by atoms with van der Waals surface area (Å²) in [6, 6.07) is 9.72. The molecule has 0 N–H and O–H groups in total. The summed E-state index contributed by atoms with van der Waals surface area (Å²) < 4.78 is 6.30. The van der Waals surface area contributed by atoms with Gasteiger partial charge in [-0.3, -0.25) is 9.78 Å². The maximum Gasteiger partial charge on any atom is 0.233 e. The maximum absolute atomic E-state index is 12.9. The van der Waals surface area contributed by atoms with Crippen LogP contribution < -0.4 is 9.64 Å². The monoisotopic (exact) mass is 374 g/mol. The second-order valence-electron chi connectivity index (χ2n) is 6.39. The molecule has 3 rings (SSSR count). The standard InChI is InChI=1S/C18H19BrN2O2/c1-18(2)10-12-8-14(19)16(23-3)9-15(12)21(17(18)22)11-13-6-4-5-7-20-13/h4-9H,10-11H2,1-3H3. The lowest BCUT2D eigenvalue weighted by Crippen LogP contribution is -2.46. The van der Waals surface area contributed by atoms with Crippen molar-refractivity contribution in [3.05, 3.63) is 52.3 Å². The minimum atomic E-state index is -0.435. The van der Waals surface area contributed by atoms with Crippen molar-refractivity contribution in [3.8, 4) is 5.75 Å². The van der Waals surface area contributed by atoms with Crippen LogP contribution in [0.3, 0.4) is 0 Å². The molecule has 0 aliphatic carbocycles. The van der Waals surface area contributed by atoms with Crippen molar-refractivity contribution in [1.29, 1.82) is 0 Å². The molecule has 4 nitrogen and oxygen atoms in total. The summed E-state index contributed by atoms with van der Waals surface area (Å²) in [6.45, 7) is 4.44. The van der Waals surface area contributed by atoms with Gasteiger partial charge in [0.15, 0.2) is 0 Å². The minimum absolute atomic E-state index is 0.111. The Bertz CT molecular complexity index is 744. The van der Waals surface area contributed by atoms with Gasteiger partial charge in [-0.1, -0.05) is 19.9 Å². The van der Waals surface area contributed by atoms with Gasteiger partial charge in [0.25, 0.3) is 0 Å². The van der Waals surface area contributed by atoms with Gasteiger partial charge in [-0.25, -0.2) is 0 Å². The number of pyridine rings is 1. The first-order valence-electron chi connectivity index (χ1n) is 7.50. The van der Waals surface area contributed by atoms with E-state index < -0.39 is 5.41 Å². The summed E-state index contributed by atoms with van der Waals surface area (Å²) in [5, 5.41) is 0. The molecule has 0 bridgehead atoms. The van der Waals surface area contributed by atoms with E-state index in [0.717, 1.165) is 27.2 Å². The Labute approximate surface area is 144 Å². The summed E-state index contributed by atoms with van der Waals surface area (Å²) in [5.74, 6) is 0.835. The summed E-state index contributed by atoms with van der Waals surface area (Å²) >= 11 is 3.53. The zero-order chi connectivity index (χ0) is 16.6. The molecule has 2 heterocycles. The minimum Gasteiger partial charge on any atom is -0.495 e. The summed E-state index contributed by atoms with van der Waals surface area (Å²) in [6.07, 6.45) is 2.46. The molecule has 1 aromatic heterocycles. The van der Waals surface area contributed by atoms with Crippen LogP contribution in [0.2, 0.25) is 0 Å². The highest BCUT2D eigenvalue weighted by atomic mass is 79.9. The highest BCUT2D eigenvalue weighted by molar-refractivity contribution is 9.10. The van der Waals surface area contributed by atoms with Crippen LogP contribution in [0.25, 0.3) is 0 Å². The van der Waals surface area contributed by atoms with E-state index in [1.165, 1.54) is 0 Å². The Kier molecular flexibility index (Phi) is 4.15. The molecular weight excluding hydrogens is 356 g/mol. The number of nitrogens with zero attached hydrogens (tertiary/aromatic N) is 2. The predicted octanol–water partition coefficient (Wildman–Crippen LogP) is 3.97. The molecule has 0 saturated heterocycles. The molecule has 1 amide bonds. The number of amides is 1. The normalized spacial score (nSPS) is 16.2. The molecule has 0 fully saturated rings. The van der Waals surface area contributed by atoms with Gasteiger partial charge in [0.1, 0.15) is 5.75 Å². The molecule has 0 radical (unpaired) electrons. The highest BCUT2D eigenvalue weighted by Gasteiger charge is 2.39. The smallest absolute Gasteiger partial charge is 0.233 e. The van der Waals surface area contributed by atoms with Gasteiger partial charge in [0.05, 0.1) is 29.5 Å². The zero-order valence-corrected chi connectivity index (χ0v) is 15.1. The zero-order valence-electron chi connectivity index (χ0n) is 13.5. The number of hydrogen-bond donors (Lipinski definition) is 0. The van der Waals surface area contributed by atoms with Crippen LogP contribution in [0.4, 0.5) is 5.69 Å². The lowest BCUT2D eigenvalue weighted by molar-refractivity contribution is -0.127. The number of rotatable bonds is 3. The van der Waals surface area contributed by atoms with Crippen molar-refractivity contribution in [2.24, 2.45) is 5.41 Å². The Morgan fingerprint density at radius 1 is 1.35 bits per heavy atom. The first kappa shape index (κ1) is 16.0. The first-order chi connectivity index (χ1) is 10.9. The number of benzene rings is 1. The average Bonchev–Trinajstić information content (AvgIpc) is 2.52. The highest BCUT2D eigenvalue weighted by Crippen LogP contribution is 2.42. The second-order valence-corrected chi connectivity index (χ2v) is 7.24. The molecule has 1 aromatic carbocycles. The fraction of sp³-hybridized carbons (Fsp3) is 0.333. The van der Waals surface area contributed by atoms with Crippen LogP contribution in [0.5, 0.6) is 5.75 Å². The number of anilines is 1. The largest absolute Gasteiger partial charge is 0.495 e. The van der Waals surface area contributed by atoms with Gasteiger partial charge < -0.3 is 9.64 Å². The second kappa shape index (κ2) is 5.96. The molecule has 120 valence electrons. The van der Waals surface area contributed by atoms with Crippen molar-refractivity contribution in [1.82, 2.24) is 4.98 Å². The third kappa shape index (κ3) is 2.98. The lowest BCUT2D eigenvalue weighted by atomic mass is 9.80. The van der Waals surface area contributed by atoms with Crippen molar-refractivity contribution in [3.63, 3.8) is 0 Å². The van der Waals surface area contributed by atoms with Crippen molar-refractivity contribution in [2.45, 2.75) is 26.8 Å². The lowest BCUT2D eigenvalue weighted by Gasteiger charge is -2.38. The number of carbonyl (C=O) groups excluding carboxylic acids is 1. The van der Waals surface area contributed by atoms with E-state index >= 15 is 0 Å². The molecule has 1 aliphatic heterocycles. The number of hydrogen-bond acceptors (Lipinski definition) is 3. The van der Waals surface area contributed by atoms with Crippen LogP contribution in [0.15, 0.2) is 41.0 Å². The van der Waals surface area contributed by atoms with Crippen molar-refractivity contribution in [2.75, 3.05) is 12.0 Å². The molecule has 2 aromatic rings.